The van der Waals surface area contributed by atoms with Gasteiger partial charge in [-0.2, -0.15) is 0 Å². The van der Waals surface area contributed by atoms with Crippen molar-refractivity contribution in [3.63, 3.8) is 0 Å². The zero-order valence-electron chi connectivity index (χ0n) is 11.6. The molecule has 3 N–H and O–H groups in total. The number of phenols is 1. The maximum absolute atomic E-state index is 11.7. The minimum Gasteiger partial charge on any atom is -0.504 e. The van der Waals surface area contributed by atoms with Crippen LogP contribution in [0.2, 0.25) is 0 Å². The molecule has 8 heteroatoms. The largest absolute Gasteiger partial charge is 0.504 e. The van der Waals surface area contributed by atoms with Crippen molar-refractivity contribution in [3.05, 3.63) is 40.8 Å². The number of anilines is 1. The summed E-state index contributed by atoms with van der Waals surface area (Å²) in [5, 5.41) is 14.6. The van der Waals surface area contributed by atoms with Crippen LogP contribution < -0.4 is 15.4 Å². The molecule has 0 saturated carbocycles. The van der Waals surface area contributed by atoms with Crippen molar-refractivity contribution in [2.45, 2.75) is 0 Å². The third-order valence-corrected chi connectivity index (χ3v) is 3.10. The predicted molar refractivity (Wildman–Crippen MR) is 82.0 cm³/mol. The second-order valence-corrected chi connectivity index (χ2v) is 5.00. The molecule has 2 aromatic rings. The molecule has 0 atom stereocenters. The Morgan fingerprint density at radius 1 is 1.32 bits per heavy atom. The fourth-order valence-corrected chi connectivity index (χ4v) is 1.96. The zero-order valence-corrected chi connectivity index (χ0v) is 13.1. The van der Waals surface area contributed by atoms with Crippen LogP contribution in [0.1, 0.15) is 10.6 Å². The van der Waals surface area contributed by atoms with Crippen molar-refractivity contribution < 1.29 is 23.8 Å². The van der Waals surface area contributed by atoms with E-state index in [2.05, 4.69) is 26.6 Å². The van der Waals surface area contributed by atoms with Gasteiger partial charge in [0.05, 0.1) is 13.7 Å². The highest BCUT2D eigenvalue weighted by atomic mass is 79.9. The van der Waals surface area contributed by atoms with Crippen LogP contribution in [0.3, 0.4) is 0 Å². The van der Waals surface area contributed by atoms with E-state index in [4.69, 9.17) is 9.15 Å². The lowest BCUT2D eigenvalue weighted by Crippen LogP contribution is -2.32. The van der Waals surface area contributed by atoms with Gasteiger partial charge in [-0.1, -0.05) is 0 Å². The molecule has 0 saturated heterocycles. The highest BCUT2D eigenvalue weighted by Crippen LogP contribution is 2.28. The number of carbonyl (C=O) groups is 2. The van der Waals surface area contributed by atoms with Crippen LogP contribution in [0.4, 0.5) is 5.69 Å². The van der Waals surface area contributed by atoms with Gasteiger partial charge in [0.15, 0.2) is 21.9 Å². The smallest absolute Gasteiger partial charge is 0.287 e. The number of hydrogen-bond donors (Lipinski definition) is 3. The van der Waals surface area contributed by atoms with Gasteiger partial charge in [0, 0.05) is 11.8 Å². The molecule has 0 radical (unpaired) electrons. The number of aromatic hydroxyl groups is 1. The Bertz CT molecular complexity index is 698. The highest BCUT2D eigenvalue weighted by molar-refractivity contribution is 9.10. The van der Waals surface area contributed by atoms with Crippen molar-refractivity contribution in [2.24, 2.45) is 0 Å². The van der Waals surface area contributed by atoms with Crippen LogP contribution >= 0.6 is 15.9 Å². The molecule has 7 nitrogen and oxygen atoms in total. The van der Waals surface area contributed by atoms with Crippen LogP contribution in [0.5, 0.6) is 11.5 Å². The van der Waals surface area contributed by atoms with Gasteiger partial charge in [-0.15, -0.1) is 0 Å². The van der Waals surface area contributed by atoms with Crippen LogP contribution in [0, 0.1) is 0 Å². The summed E-state index contributed by atoms with van der Waals surface area (Å²) < 4.78 is 10.4. The van der Waals surface area contributed by atoms with Gasteiger partial charge in [-0.3, -0.25) is 9.59 Å². The monoisotopic (exact) mass is 368 g/mol. The molecule has 0 aliphatic rings. The van der Waals surface area contributed by atoms with E-state index in [1.165, 1.54) is 25.3 Å². The fraction of sp³-hybridized carbons (Fsp3) is 0.143. The minimum atomic E-state index is -0.501. The third-order valence-electron chi connectivity index (χ3n) is 2.67. The first-order valence-electron chi connectivity index (χ1n) is 6.20. The summed E-state index contributed by atoms with van der Waals surface area (Å²) in [6.07, 6.45) is 0. The number of ether oxygens (including phenoxy) is 1. The van der Waals surface area contributed by atoms with E-state index in [9.17, 15) is 14.7 Å². The Morgan fingerprint density at radius 2 is 2.09 bits per heavy atom. The van der Waals surface area contributed by atoms with E-state index < -0.39 is 11.8 Å². The van der Waals surface area contributed by atoms with Crippen LogP contribution in [0.25, 0.3) is 0 Å². The summed E-state index contributed by atoms with van der Waals surface area (Å²) in [6, 6.07) is 7.50. The molecule has 0 unspecified atom stereocenters. The average molecular weight is 369 g/mol. The second kappa shape index (κ2) is 6.99. The molecular weight excluding hydrogens is 356 g/mol. The fourth-order valence-electron chi connectivity index (χ4n) is 1.66. The number of methoxy groups -OCH3 is 1. The number of furan rings is 1. The lowest BCUT2D eigenvalue weighted by molar-refractivity contribution is -0.115. The van der Waals surface area contributed by atoms with Crippen molar-refractivity contribution in [3.8, 4) is 11.5 Å². The number of rotatable bonds is 5. The summed E-state index contributed by atoms with van der Waals surface area (Å²) >= 11 is 3.08. The van der Waals surface area contributed by atoms with E-state index in [-0.39, 0.29) is 18.1 Å². The zero-order chi connectivity index (χ0) is 16.1. The van der Waals surface area contributed by atoms with Crippen LogP contribution in [-0.4, -0.2) is 30.6 Å². The third kappa shape index (κ3) is 4.01. The van der Waals surface area contributed by atoms with Gasteiger partial charge >= 0.3 is 0 Å². The second-order valence-electron chi connectivity index (χ2n) is 4.22. The predicted octanol–water partition coefficient (Wildman–Crippen LogP) is 2.12. The average Bonchev–Trinajstić information content (AvgIpc) is 2.91. The molecule has 0 fully saturated rings. The topological polar surface area (TPSA) is 101 Å². The van der Waals surface area contributed by atoms with E-state index in [0.29, 0.717) is 16.1 Å². The van der Waals surface area contributed by atoms with Crippen molar-refractivity contribution >= 4 is 33.4 Å². The number of hydrogen-bond acceptors (Lipinski definition) is 5. The molecule has 22 heavy (non-hydrogen) atoms. The Balaban J connectivity index is 1.88. The van der Waals surface area contributed by atoms with E-state index in [1.54, 1.807) is 12.1 Å². The van der Waals surface area contributed by atoms with E-state index >= 15 is 0 Å². The molecule has 0 aliphatic heterocycles. The maximum Gasteiger partial charge on any atom is 0.287 e. The first-order valence-corrected chi connectivity index (χ1v) is 6.99. The van der Waals surface area contributed by atoms with Gasteiger partial charge in [0.2, 0.25) is 5.91 Å². The van der Waals surface area contributed by atoms with E-state index in [0.717, 1.165) is 0 Å². The van der Waals surface area contributed by atoms with Gasteiger partial charge in [0.1, 0.15) is 0 Å². The van der Waals surface area contributed by atoms with Crippen LogP contribution in [0.15, 0.2) is 39.4 Å². The minimum absolute atomic E-state index is 0.0928. The Kier molecular flexibility index (Phi) is 5.05. The molecule has 0 aliphatic carbocycles. The summed E-state index contributed by atoms with van der Waals surface area (Å²) in [5.74, 6) is -0.636. The molecular formula is C14H13BrN2O5. The number of phenolic OH excluding ortho intramolecular Hbond substituents is 1. The number of benzene rings is 1. The molecule has 0 bridgehead atoms. The maximum atomic E-state index is 11.7. The molecule has 116 valence electrons. The molecule has 2 rings (SSSR count). The SMILES string of the molecule is COc1ccc(NC(=O)CNC(=O)c2ccc(Br)o2)cc1O. The van der Waals surface area contributed by atoms with Crippen molar-refractivity contribution in [1.82, 2.24) is 5.32 Å². The molecule has 1 aromatic carbocycles. The molecule has 1 aromatic heterocycles. The van der Waals surface area contributed by atoms with E-state index in [1.807, 2.05) is 0 Å². The lowest BCUT2D eigenvalue weighted by Gasteiger charge is -2.08. The number of amides is 2. The van der Waals surface area contributed by atoms with Gasteiger partial charge in [0.25, 0.3) is 5.91 Å². The summed E-state index contributed by atoms with van der Waals surface area (Å²) in [5.41, 5.74) is 0.387. The Morgan fingerprint density at radius 3 is 2.68 bits per heavy atom. The van der Waals surface area contributed by atoms with Gasteiger partial charge in [-0.25, -0.2) is 0 Å². The Labute approximate surface area is 134 Å². The van der Waals surface area contributed by atoms with Crippen molar-refractivity contribution in [2.75, 3.05) is 19.0 Å². The van der Waals surface area contributed by atoms with Gasteiger partial charge < -0.3 is 24.9 Å². The van der Waals surface area contributed by atoms with Gasteiger partial charge in [-0.05, 0) is 40.2 Å². The van der Waals surface area contributed by atoms with Crippen molar-refractivity contribution in [1.29, 1.82) is 0 Å². The first-order chi connectivity index (χ1) is 10.5. The summed E-state index contributed by atoms with van der Waals surface area (Å²) in [6.45, 7) is -0.232. The molecule has 2 amide bonds. The molecule has 1 heterocycles. The Hall–Kier alpha value is -2.48. The summed E-state index contributed by atoms with van der Waals surface area (Å²) in [4.78, 5) is 23.4. The van der Waals surface area contributed by atoms with Crippen LogP contribution in [-0.2, 0) is 4.79 Å². The number of nitrogens with one attached hydrogen (secondary N) is 2. The number of carbonyl (C=O) groups excluding carboxylic acids is 2. The highest BCUT2D eigenvalue weighted by Gasteiger charge is 2.12. The standard InChI is InChI=1S/C14H13BrN2O5/c1-21-10-3-2-8(6-9(10)18)17-13(19)7-16-14(20)11-4-5-12(15)22-11/h2-6,18H,7H2,1H3,(H,16,20)(H,17,19). The lowest BCUT2D eigenvalue weighted by atomic mass is 10.2. The number of halogens is 1. The normalized spacial score (nSPS) is 10.1. The molecule has 0 spiro atoms. The first kappa shape index (κ1) is 15.9. The quantitative estimate of drug-likeness (QED) is 0.750. The summed E-state index contributed by atoms with van der Waals surface area (Å²) in [7, 11) is 1.43.